The molecule has 0 saturated heterocycles. The van der Waals surface area contributed by atoms with Crippen LogP contribution in [0.2, 0.25) is 0 Å². The van der Waals surface area contributed by atoms with Crippen LogP contribution in [0, 0.1) is 17.5 Å². The number of ether oxygens (including phenoxy) is 1. The predicted molar refractivity (Wildman–Crippen MR) is 130 cm³/mol. The third-order valence-corrected chi connectivity index (χ3v) is 6.58. The molecule has 0 saturated carbocycles. The molecule has 36 heavy (non-hydrogen) atoms. The summed E-state index contributed by atoms with van der Waals surface area (Å²) >= 11 is 2.57. The molecule has 0 unspecified atom stereocenters. The molecule has 2 N–H and O–H groups in total. The number of benzene rings is 2. The number of halogens is 3. The van der Waals surface area contributed by atoms with Gasteiger partial charge in [0.2, 0.25) is 11.8 Å². The fourth-order valence-corrected chi connectivity index (χ4v) is 4.61. The van der Waals surface area contributed by atoms with E-state index in [-0.39, 0.29) is 5.75 Å². The Balaban J connectivity index is 1.43. The molecule has 4 rings (SSSR count). The minimum absolute atomic E-state index is 0.107. The monoisotopic (exact) mass is 533 g/mol. The molecule has 2 aromatic carbocycles. The van der Waals surface area contributed by atoms with Crippen LogP contribution in [-0.2, 0) is 9.59 Å². The van der Waals surface area contributed by atoms with Crippen molar-refractivity contribution in [2.24, 2.45) is 0 Å². The maximum Gasteiger partial charge on any atom is 0.243 e. The molecule has 0 fully saturated rings. The molecule has 0 aliphatic heterocycles. The van der Waals surface area contributed by atoms with Crippen molar-refractivity contribution in [1.29, 1.82) is 0 Å². The molecule has 0 bridgehead atoms. The second-order valence-corrected chi connectivity index (χ2v) is 9.02. The Labute approximate surface area is 211 Å². The molecule has 0 spiro atoms. The summed E-state index contributed by atoms with van der Waals surface area (Å²) < 4.78 is 47.3. The lowest BCUT2D eigenvalue weighted by Gasteiger charge is -2.13. The van der Waals surface area contributed by atoms with Crippen molar-refractivity contribution in [2.75, 3.05) is 24.7 Å². The molecule has 2 aromatic heterocycles. The summed E-state index contributed by atoms with van der Waals surface area (Å²) in [5.74, 6) is -4.86. The van der Waals surface area contributed by atoms with E-state index in [1.54, 1.807) is 17.7 Å². The molecule has 0 aliphatic carbocycles. The second-order valence-electron chi connectivity index (χ2n) is 7.13. The van der Waals surface area contributed by atoms with Crippen molar-refractivity contribution in [3.05, 3.63) is 71.4 Å². The van der Waals surface area contributed by atoms with Gasteiger partial charge in [-0.2, -0.15) is 0 Å². The van der Waals surface area contributed by atoms with Gasteiger partial charge in [-0.1, -0.05) is 30.0 Å². The largest absolute Gasteiger partial charge is 0.495 e. The zero-order valence-corrected chi connectivity index (χ0v) is 20.3. The van der Waals surface area contributed by atoms with Crippen molar-refractivity contribution < 1.29 is 27.5 Å². The molecule has 8 nitrogen and oxygen atoms in total. The lowest BCUT2D eigenvalue weighted by molar-refractivity contribution is -0.122. The van der Waals surface area contributed by atoms with Crippen LogP contribution in [0.25, 0.3) is 16.4 Å². The highest BCUT2D eigenvalue weighted by atomic mass is 32.2. The molecule has 0 aliphatic rings. The van der Waals surface area contributed by atoms with Crippen LogP contribution in [0.5, 0.6) is 5.75 Å². The predicted octanol–water partition coefficient (Wildman–Crippen LogP) is 4.27. The topological polar surface area (TPSA) is 98.1 Å². The smallest absolute Gasteiger partial charge is 0.243 e. The van der Waals surface area contributed by atoms with Crippen LogP contribution in [-0.4, -0.2) is 46.0 Å². The van der Waals surface area contributed by atoms with Crippen LogP contribution in [0.15, 0.2) is 59.1 Å². The number of aromatic nitrogens is 3. The lowest BCUT2D eigenvalue weighted by atomic mass is 10.2. The van der Waals surface area contributed by atoms with Crippen molar-refractivity contribution in [1.82, 2.24) is 20.1 Å². The number of hydrogen-bond donors (Lipinski definition) is 2. The summed E-state index contributed by atoms with van der Waals surface area (Å²) in [6.45, 7) is -0.503. The van der Waals surface area contributed by atoms with Crippen LogP contribution >= 0.6 is 23.1 Å². The zero-order chi connectivity index (χ0) is 25.7. The maximum atomic E-state index is 13.7. The van der Waals surface area contributed by atoms with Gasteiger partial charge in [-0.05, 0) is 35.7 Å². The van der Waals surface area contributed by atoms with E-state index in [1.165, 1.54) is 11.3 Å². The van der Waals surface area contributed by atoms with E-state index < -0.39 is 41.5 Å². The van der Waals surface area contributed by atoms with E-state index in [0.717, 1.165) is 22.7 Å². The number of amides is 2. The van der Waals surface area contributed by atoms with E-state index in [9.17, 15) is 22.8 Å². The minimum Gasteiger partial charge on any atom is -0.495 e. The molecule has 0 atom stereocenters. The fraction of sp³-hybridized carbons (Fsp3) is 0.130. The summed E-state index contributed by atoms with van der Waals surface area (Å²) in [5, 5.41) is 15.3. The molecule has 2 heterocycles. The maximum absolute atomic E-state index is 13.7. The SMILES string of the molecule is COc1ccccc1-n1c(SCC(=O)NCC(=O)Nc2ccc(F)c(F)c2F)nnc1-c1cccs1. The van der Waals surface area contributed by atoms with Crippen LogP contribution in [0.4, 0.5) is 18.9 Å². The van der Waals surface area contributed by atoms with E-state index in [2.05, 4.69) is 20.8 Å². The van der Waals surface area contributed by atoms with Gasteiger partial charge in [0.25, 0.3) is 0 Å². The number of anilines is 1. The number of thiophene rings is 1. The van der Waals surface area contributed by atoms with E-state index in [0.29, 0.717) is 28.5 Å². The van der Waals surface area contributed by atoms with E-state index >= 15 is 0 Å². The molecule has 2 amide bonds. The van der Waals surface area contributed by atoms with Gasteiger partial charge < -0.3 is 15.4 Å². The Morgan fingerprint density at radius 2 is 1.83 bits per heavy atom. The first-order chi connectivity index (χ1) is 17.4. The number of nitrogens with one attached hydrogen (secondary N) is 2. The highest BCUT2D eigenvalue weighted by Crippen LogP contribution is 2.34. The summed E-state index contributed by atoms with van der Waals surface area (Å²) in [6, 6.07) is 12.7. The number of carbonyl (C=O) groups is 2. The van der Waals surface area contributed by atoms with E-state index in [4.69, 9.17) is 4.74 Å². The molecule has 0 radical (unpaired) electrons. The quantitative estimate of drug-likeness (QED) is 0.246. The van der Waals surface area contributed by atoms with Crippen LogP contribution < -0.4 is 15.4 Å². The van der Waals surface area contributed by atoms with Gasteiger partial charge in [-0.15, -0.1) is 21.5 Å². The Morgan fingerprint density at radius 3 is 2.58 bits per heavy atom. The highest BCUT2D eigenvalue weighted by molar-refractivity contribution is 7.99. The normalized spacial score (nSPS) is 10.8. The van der Waals surface area contributed by atoms with Gasteiger partial charge in [0.05, 0.1) is 35.7 Å². The van der Waals surface area contributed by atoms with E-state index in [1.807, 2.05) is 35.7 Å². The van der Waals surface area contributed by atoms with Crippen molar-refractivity contribution in [3.8, 4) is 22.1 Å². The average Bonchev–Trinajstić information content (AvgIpc) is 3.56. The van der Waals surface area contributed by atoms with Gasteiger partial charge in [0, 0.05) is 0 Å². The summed E-state index contributed by atoms with van der Waals surface area (Å²) in [6.07, 6.45) is 0. The standard InChI is InChI=1S/C23H18F3N5O3S2/c1-34-16-6-3-2-5-15(16)31-22(17-7-4-10-35-17)29-30-23(31)36-12-19(33)27-11-18(32)28-14-9-8-13(24)20(25)21(14)26/h2-10H,11-12H2,1H3,(H,27,33)(H,28,32). The van der Waals surface area contributed by atoms with Crippen molar-refractivity contribution >= 4 is 40.6 Å². The van der Waals surface area contributed by atoms with Gasteiger partial charge >= 0.3 is 0 Å². The van der Waals surface area contributed by atoms with Crippen molar-refractivity contribution in [2.45, 2.75) is 5.16 Å². The number of carbonyl (C=O) groups excluding carboxylic acids is 2. The van der Waals surface area contributed by atoms with Gasteiger partial charge in [-0.3, -0.25) is 14.2 Å². The third kappa shape index (κ3) is 5.52. The number of hydrogen-bond acceptors (Lipinski definition) is 7. The number of thioether (sulfide) groups is 1. The number of nitrogens with zero attached hydrogens (tertiary/aromatic N) is 3. The fourth-order valence-electron chi connectivity index (χ4n) is 3.14. The first-order valence-electron chi connectivity index (χ1n) is 10.3. The molecular formula is C23H18F3N5O3S2. The molecule has 186 valence electrons. The van der Waals surface area contributed by atoms with Crippen molar-refractivity contribution in [3.63, 3.8) is 0 Å². The third-order valence-electron chi connectivity index (χ3n) is 4.79. The highest BCUT2D eigenvalue weighted by Gasteiger charge is 2.21. The Morgan fingerprint density at radius 1 is 1.03 bits per heavy atom. The van der Waals surface area contributed by atoms with Crippen LogP contribution in [0.3, 0.4) is 0 Å². The molecule has 13 heteroatoms. The molecular weight excluding hydrogens is 515 g/mol. The Kier molecular flexibility index (Phi) is 7.90. The molecule has 4 aromatic rings. The number of methoxy groups -OCH3 is 1. The summed E-state index contributed by atoms with van der Waals surface area (Å²) in [5.41, 5.74) is 0.151. The average molecular weight is 534 g/mol. The number of rotatable bonds is 9. The Bertz CT molecular complexity index is 1400. The van der Waals surface area contributed by atoms with Gasteiger partial charge in [-0.25, -0.2) is 13.2 Å². The van der Waals surface area contributed by atoms with Crippen LogP contribution in [0.1, 0.15) is 0 Å². The summed E-state index contributed by atoms with van der Waals surface area (Å²) in [7, 11) is 1.55. The Hall–Kier alpha value is -3.84. The minimum atomic E-state index is -1.70. The lowest BCUT2D eigenvalue weighted by Crippen LogP contribution is -2.34. The number of para-hydroxylation sites is 2. The zero-order valence-electron chi connectivity index (χ0n) is 18.6. The first-order valence-corrected chi connectivity index (χ1v) is 12.2. The first kappa shape index (κ1) is 25.3. The van der Waals surface area contributed by atoms with Gasteiger partial charge in [0.15, 0.2) is 28.4 Å². The van der Waals surface area contributed by atoms with Gasteiger partial charge in [0.1, 0.15) is 5.75 Å². The second kappa shape index (κ2) is 11.3. The summed E-state index contributed by atoms with van der Waals surface area (Å²) in [4.78, 5) is 25.3.